The summed E-state index contributed by atoms with van der Waals surface area (Å²) in [5.41, 5.74) is 8.35. The molecule has 0 unspecified atom stereocenters. The summed E-state index contributed by atoms with van der Waals surface area (Å²) in [6, 6.07) is 13.0. The zero-order valence-corrected chi connectivity index (χ0v) is 17.4. The molecule has 0 saturated heterocycles. The lowest BCUT2D eigenvalue weighted by molar-refractivity contribution is 0.324. The Morgan fingerprint density at radius 1 is 0.933 bits per heavy atom. The number of ether oxygens (including phenoxy) is 3. The third kappa shape index (κ3) is 3.74. The minimum Gasteiger partial charge on any atom is -0.493 e. The average molecular weight is 424 g/mol. The molecule has 0 saturated carbocycles. The molecule has 3 N–H and O–H groups in total. The van der Waals surface area contributed by atoms with Gasteiger partial charge in [-0.2, -0.15) is 0 Å². The number of hydrogen-bond acceptors (Lipinski definition) is 9. The highest BCUT2D eigenvalue weighted by Gasteiger charge is 2.16. The van der Waals surface area contributed by atoms with Crippen molar-refractivity contribution in [1.82, 2.24) is 9.97 Å². The van der Waals surface area contributed by atoms with Crippen molar-refractivity contribution in [1.29, 1.82) is 0 Å². The molecule has 4 rings (SSSR count). The second-order valence-corrected chi connectivity index (χ2v) is 7.16. The van der Waals surface area contributed by atoms with Gasteiger partial charge in [-0.3, -0.25) is 0 Å². The van der Waals surface area contributed by atoms with Crippen LogP contribution in [-0.4, -0.2) is 31.3 Å². The van der Waals surface area contributed by atoms with Gasteiger partial charge in [0.1, 0.15) is 11.5 Å². The minimum atomic E-state index is 0.388. The van der Waals surface area contributed by atoms with E-state index in [4.69, 9.17) is 24.4 Å². The van der Waals surface area contributed by atoms with Crippen LogP contribution in [0.2, 0.25) is 0 Å². The molecule has 0 atom stereocenters. The number of nitrogens with one attached hydrogen (secondary N) is 1. The molecule has 9 heteroatoms. The van der Waals surface area contributed by atoms with Crippen LogP contribution in [0, 0.1) is 0 Å². The van der Waals surface area contributed by atoms with Gasteiger partial charge < -0.3 is 29.7 Å². The van der Waals surface area contributed by atoms with Crippen molar-refractivity contribution in [3.63, 3.8) is 0 Å². The van der Waals surface area contributed by atoms with Gasteiger partial charge in [-0.05, 0) is 24.3 Å². The number of aromatic nitrogens is 2. The largest absolute Gasteiger partial charge is 0.493 e. The van der Waals surface area contributed by atoms with E-state index in [1.165, 1.54) is 11.3 Å². The van der Waals surface area contributed by atoms with Crippen molar-refractivity contribution >= 4 is 28.0 Å². The van der Waals surface area contributed by atoms with Gasteiger partial charge in [0.25, 0.3) is 0 Å². The van der Waals surface area contributed by atoms with Crippen LogP contribution < -0.4 is 25.3 Å². The molecule has 0 aliphatic carbocycles. The summed E-state index contributed by atoms with van der Waals surface area (Å²) in [6.07, 6.45) is 1.62. The number of thiazole rings is 1. The number of nitrogens with zero attached hydrogens (tertiary/aromatic N) is 2. The van der Waals surface area contributed by atoms with Crippen molar-refractivity contribution in [2.45, 2.75) is 0 Å². The van der Waals surface area contributed by atoms with E-state index in [2.05, 4.69) is 15.3 Å². The standard InChI is InChI=1S/C21H20N4O4S/c1-26-16-10-12(11-17(27-2)18(16)28-3)23-21-25-20(22)19(30-21)14-7-4-6-13(24-14)15-8-5-9-29-15/h4-11H,22H2,1-3H3,(H,23,25). The second-order valence-electron chi connectivity index (χ2n) is 6.16. The lowest BCUT2D eigenvalue weighted by atomic mass is 10.2. The first-order valence-corrected chi connectivity index (χ1v) is 9.79. The van der Waals surface area contributed by atoms with Crippen LogP contribution in [-0.2, 0) is 0 Å². The average Bonchev–Trinajstić information content (AvgIpc) is 3.43. The van der Waals surface area contributed by atoms with E-state index >= 15 is 0 Å². The number of nitrogens with two attached hydrogens (primary N) is 1. The molecule has 0 fully saturated rings. The maximum atomic E-state index is 6.18. The minimum absolute atomic E-state index is 0.388. The number of hydrogen-bond donors (Lipinski definition) is 2. The third-order valence-electron chi connectivity index (χ3n) is 4.32. The Kier molecular flexibility index (Phi) is 5.44. The Hall–Kier alpha value is -3.72. The van der Waals surface area contributed by atoms with Crippen LogP contribution in [0.5, 0.6) is 17.2 Å². The highest BCUT2D eigenvalue weighted by atomic mass is 32.1. The molecule has 0 spiro atoms. The summed E-state index contributed by atoms with van der Waals surface area (Å²) in [6.45, 7) is 0. The zero-order chi connectivity index (χ0) is 21.1. The summed E-state index contributed by atoms with van der Waals surface area (Å²) in [7, 11) is 4.70. The highest BCUT2D eigenvalue weighted by molar-refractivity contribution is 7.19. The van der Waals surface area contributed by atoms with Crippen LogP contribution in [0.15, 0.2) is 53.1 Å². The Bertz CT molecular complexity index is 1130. The number of rotatable bonds is 7. The lowest BCUT2D eigenvalue weighted by Crippen LogP contribution is -1.97. The van der Waals surface area contributed by atoms with Crippen molar-refractivity contribution in [2.75, 3.05) is 32.4 Å². The molecule has 3 aromatic heterocycles. The molecule has 1 aromatic carbocycles. The van der Waals surface area contributed by atoms with Gasteiger partial charge in [0.05, 0.1) is 38.2 Å². The fourth-order valence-corrected chi connectivity index (χ4v) is 3.84. The molecular weight excluding hydrogens is 404 g/mol. The van der Waals surface area contributed by atoms with Crippen LogP contribution in [0.1, 0.15) is 0 Å². The molecule has 0 aliphatic rings. The predicted molar refractivity (Wildman–Crippen MR) is 117 cm³/mol. The predicted octanol–water partition coefficient (Wildman–Crippen LogP) is 4.82. The lowest BCUT2D eigenvalue weighted by Gasteiger charge is -2.14. The molecule has 0 radical (unpaired) electrons. The molecule has 0 bridgehead atoms. The van der Waals surface area contributed by atoms with Gasteiger partial charge >= 0.3 is 0 Å². The Morgan fingerprint density at radius 2 is 1.67 bits per heavy atom. The molecule has 8 nitrogen and oxygen atoms in total. The number of methoxy groups -OCH3 is 3. The zero-order valence-electron chi connectivity index (χ0n) is 16.6. The van der Waals surface area contributed by atoms with Crippen LogP contribution in [0.3, 0.4) is 0 Å². The first-order valence-electron chi connectivity index (χ1n) is 8.97. The van der Waals surface area contributed by atoms with E-state index in [0.29, 0.717) is 34.0 Å². The number of benzene rings is 1. The molecule has 30 heavy (non-hydrogen) atoms. The van der Waals surface area contributed by atoms with Crippen LogP contribution >= 0.6 is 11.3 Å². The fraction of sp³-hybridized carbons (Fsp3) is 0.143. The van der Waals surface area contributed by atoms with Gasteiger partial charge in [-0.1, -0.05) is 17.4 Å². The quantitative estimate of drug-likeness (QED) is 0.435. The number of pyridine rings is 1. The second kappa shape index (κ2) is 8.34. The van der Waals surface area contributed by atoms with Gasteiger partial charge in [0.15, 0.2) is 22.4 Å². The maximum Gasteiger partial charge on any atom is 0.203 e. The topological polar surface area (TPSA) is 105 Å². The van der Waals surface area contributed by atoms with Gasteiger partial charge in [0.2, 0.25) is 5.75 Å². The van der Waals surface area contributed by atoms with E-state index in [0.717, 1.165) is 22.0 Å². The summed E-state index contributed by atoms with van der Waals surface area (Å²) >= 11 is 1.40. The van der Waals surface area contributed by atoms with Crippen molar-refractivity contribution in [2.24, 2.45) is 0 Å². The normalized spacial score (nSPS) is 10.6. The van der Waals surface area contributed by atoms with Crippen molar-refractivity contribution in [3.8, 4) is 39.3 Å². The Morgan fingerprint density at radius 3 is 2.30 bits per heavy atom. The molecule has 0 aliphatic heterocycles. The molecule has 3 heterocycles. The Labute approximate surface area is 177 Å². The summed E-state index contributed by atoms with van der Waals surface area (Å²) in [5.74, 6) is 2.67. The molecule has 4 aromatic rings. The van der Waals surface area contributed by atoms with Crippen LogP contribution in [0.25, 0.3) is 22.0 Å². The van der Waals surface area contributed by atoms with E-state index in [1.54, 1.807) is 39.7 Å². The first-order chi connectivity index (χ1) is 14.6. The number of furan rings is 1. The molecule has 0 amide bonds. The summed E-state index contributed by atoms with van der Waals surface area (Å²) in [5, 5.41) is 3.86. The first kappa shape index (κ1) is 19.6. The fourth-order valence-electron chi connectivity index (χ4n) is 2.97. The van der Waals surface area contributed by atoms with Gasteiger partial charge in [-0.15, -0.1) is 0 Å². The molecular formula is C21H20N4O4S. The third-order valence-corrected chi connectivity index (χ3v) is 5.33. The smallest absolute Gasteiger partial charge is 0.203 e. The summed E-state index contributed by atoms with van der Waals surface area (Å²) in [4.78, 5) is 9.86. The van der Waals surface area contributed by atoms with E-state index < -0.39 is 0 Å². The highest BCUT2D eigenvalue weighted by Crippen LogP contribution is 2.42. The Balaban J connectivity index is 1.65. The van der Waals surface area contributed by atoms with E-state index in [1.807, 2.05) is 30.3 Å². The van der Waals surface area contributed by atoms with Crippen LogP contribution in [0.4, 0.5) is 16.6 Å². The van der Waals surface area contributed by atoms with Crippen molar-refractivity contribution in [3.05, 3.63) is 48.7 Å². The van der Waals surface area contributed by atoms with Gasteiger partial charge in [0, 0.05) is 17.8 Å². The summed E-state index contributed by atoms with van der Waals surface area (Å²) < 4.78 is 21.6. The SMILES string of the molecule is COc1cc(Nc2nc(N)c(-c3cccc(-c4ccco4)n3)s2)cc(OC)c1OC. The number of anilines is 3. The van der Waals surface area contributed by atoms with Gasteiger partial charge in [-0.25, -0.2) is 9.97 Å². The van der Waals surface area contributed by atoms with E-state index in [9.17, 15) is 0 Å². The maximum absolute atomic E-state index is 6.18. The van der Waals surface area contributed by atoms with E-state index in [-0.39, 0.29) is 0 Å². The van der Waals surface area contributed by atoms with Crippen molar-refractivity contribution < 1.29 is 18.6 Å². The number of nitrogen functional groups attached to an aromatic ring is 1. The monoisotopic (exact) mass is 424 g/mol. The molecule has 154 valence electrons.